The van der Waals surface area contributed by atoms with Gasteiger partial charge in [0.15, 0.2) is 0 Å². The van der Waals surface area contributed by atoms with Crippen molar-refractivity contribution in [2.75, 3.05) is 5.32 Å². The molecule has 1 saturated carbocycles. The molecule has 0 bridgehead atoms. The molecular weight excluding hydrogens is 360 g/mol. The van der Waals surface area contributed by atoms with E-state index in [1.165, 1.54) is 12.8 Å². The fourth-order valence-corrected chi connectivity index (χ4v) is 4.68. The van der Waals surface area contributed by atoms with Crippen molar-refractivity contribution in [3.63, 3.8) is 0 Å². The molecule has 7 heteroatoms. The number of hydrogen-bond donors (Lipinski definition) is 2. The fraction of sp³-hybridized carbons (Fsp3) is 0.500. The lowest BCUT2D eigenvalue weighted by atomic mass is 9.78. The average Bonchev–Trinajstić information content (AvgIpc) is 2.65. The lowest BCUT2D eigenvalue weighted by Gasteiger charge is -2.34. The third-order valence-corrected chi connectivity index (χ3v) is 6.75. The largest absolute Gasteiger partial charge is 0.366 e. The summed E-state index contributed by atoms with van der Waals surface area (Å²) in [5.41, 5.74) is 2.01. The van der Waals surface area contributed by atoms with Crippen LogP contribution in [0.2, 0.25) is 0 Å². The number of sulfonamides is 1. The van der Waals surface area contributed by atoms with E-state index in [0.717, 1.165) is 12.2 Å². The van der Waals surface area contributed by atoms with Crippen LogP contribution in [0.3, 0.4) is 0 Å². The molecule has 146 valence electrons. The summed E-state index contributed by atoms with van der Waals surface area (Å²) in [5, 5.41) is 17.5. The fourth-order valence-electron chi connectivity index (χ4n) is 3.81. The highest BCUT2D eigenvalue weighted by atomic mass is 32.2. The van der Waals surface area contributed by atoms with E-state index >= 15 is 0 Å². The SMILES string of the molecule is CCc1ccc(-c2ccc(N[C@@H]3CCC[C@@H](C)[C@@H]3C)nn2)cc1S(N)(=O)=O. The minimum atomic E-state index is -3.78. The first-order valence-electron chi connectivity index (χ1n) is 9.56. The number of nitrogens with one attached hydrogen (secondary N) is 1. The first kappa shape index (κ1) is 19.8. The van der Waals surface area contributed by atoms with Gasteiger partial charge in [-0.2, -0.15) is 0 Å². The highest BCUT2D eigenvalue weighted by molar-refractivity contribution is 7.89. The molecule has 2 aromatic rings. The Morgan fingerprint density at radius 2 is 1.93 bits per heavy atom. The van der Waals surface area contributed by atoms with Gasteiger partial charge >= 0.3 is 0 Å². The van der Waals surface area contributed by atoms with Crippen LogP contribution in [0.15, 0.2) is 35.2 Å². The zero-order chi connectivity index (χ0) is 19.6. The van der Waals surface area contributed by atoms with Crippen molar-refractivity contribution in [1.82, 2.24) is 10.2 Å². The Balaban J connectivity index is 1.81. The van der Waals surface area contributed by atoms with Crippen LogP contribution in [0.25, 0.3) is 11.3 Å². The van der Waals surface area contributed by atoms with Crippen molar-refractivity contribution in [2.24, 2.45) is 17.0 Å². The van der Waals surface area contributed by atoms with Crippen LogP contribution in [-0.4, -0.2) is 24.7 Å². The number of nitrogens with zero attached hydrogens (tertiary/aromatic N) is 2. The van der Waals surface area contributed by atoms with Crippen molar-refractivity contribution < 1.29 is 8.42 Å². The smallest absolute Gasteiger partial charge is 0.238 e. The van der Waals surface area contributed by atoms with Crippen LogP contribution in [0, 0.1) is 11.8 Å². The average molecular weight is 389 g/mol. The van der Waals surface area contributed by atoms with Crippen LogP contribution in [0.5, 0.6) is 0 Å². The molecule has 1 aliphatic carbocycles. The number of primary sulfonamides is 1. The topological polar surface area (TPSA) is 98.0 Å². The van der Waals surface area contributed by atoms with Crippen LogP contribution < -0.4 is 10.5 Å². The van der Waals surface area contributed by atoms with Crippen LogP contribution in [0.4, 0.5) is 5.82 Å². The van der Waals surface area contributed by atoms with Crippen molar-refractivity contribution in [3.05, 3.63) is 35.9 Å². The molecule has 1 aliphatic rings. The van der Waals surface area contributed by atoms with Gasteiger partial charge < -0.3 is 5.32 Å². The van der Waals surface area contributed by atoms with E-state index in [1.54, 1.807) is 12.1 Å². The third kappa shape index (κ3) is 4.47. The molecule has 6 nitrogen and oxygen atoms in total. The molecule has 1 aromatic carbocycles. The minimum Gasteiger partial charge on any atom is -0.366 e. The van der Waals surface area contributed by atoms with Gasteiger partial charge in [-0.25, -0.2) is 13.6 Å². The van der Waals surface area contributed by atoms with Gasteiger partial charge in [0, 0.05) is 11.6 Å². The molecule has 1 aromatic heterocycles. The standard InChI is InChI=1S/C20H28N4O2S/c1-4-15-8-9-16(12-19(15)27(21,25)26)18-10-11-20(24-23-18)22-17-7-5-6-13(2)14(17)3/h8-14,17H,4-7H2,1-3H3,(H,22,24)(H2,21,25,26)/t13-,14+,17-/m1/s1. The molecule has 1 heterocycles. The highest BCUT2D eigenvalue weighted by Crippen LogP contribution is 2.31. The van der Waals surface area contributed by atoms with Crippen molar-refractivity contribution in [2.45, 2.75) is 57.4 Å². The number of benzene rings is 1. The first-order valence-corrected chi connectivity index (χ1v) is 11.1. The number of anilines is 1. The summed E-state index contributed by atoms with van der Waals surface area (Å²) >= 11 is 0. The van der Waals surface area contributed by atoms with Gasteiger partial charge in [-0.3, -0.25) is 0 Å². The molecule has 0 aliphatic heterocycles. The molecule has 3 rings (SSSR count). The van der Waals surface area contributed by atoms with Crippen LogP contribution in [-0.2, 0) is 16.4 Å². The van der Waals surface area contributed by atoms with Gasteiger partial charge in [-0.1, -0.05) is 45.7 Å². The first-order chi connectivity index (χ1) is 12.8. The van der Waals surface area contributed by atoms with E-state index in [9.17, 15) is 8.42 Å². The van der Waals surface area contributed by atoms with Gasteiger partial charge in [0.1, 0.15) is 5.82 Å². The minimum absolute atomic E-state index is 0.150. The van der Waals surface area contributed by atoms with Crippen molar-refractivity contribution in [3.8, 4) is 11.3 Å². The molecule has 0 radical (unpaired) electrons. The summed E-state index contributed by atoms with van der Waals surface area (Å²) in [6.07, 6.45) is 4.25. The second kappa shape index (κ2) is 7.94. The number of aromatic nitrogens is 2. The lowest BCUT2D eigenvalue weighted by Crippen LogP contribution is -2.35. The number of nitrogens with two attached hydrogens (primary N) is 1. The Hall–Kier alpha value is -1.99. The maximum atomic E-state index is 11.9. The molecular formula is C20H28N4O2S. The number of rotatable bonds is 5. The maximum Gasteiger partial charge on any atom is 0.238 e. The molecule has 1 fully saturated rings. The van der Waals surface area contributed by atoms with E-state index in [-0.39, 0.29) is 4.90 Å². The highest BCUT2D eigenvalue weighted by Gasteiger charge is 2.27. The Morgan fingerprint density at radius 1 is 1.15 bits per heavy atom. The maximum absolute atomic E-state index is 11.9. The molecule has 3 N–H and O–H groups in total. The Labute approximate surface area is 161 Å². The van der Waals surface area contributed by atoms with E-state index in [0.29, 0.717) is 41.1 Å². The van der Waals surface area contributed by atoms with E-state index in [4.69, 9.17) is 5.14 Å². The van der Waals surface area contributed by atoms with Gasteiger partial charge in [0.2, 0.25) is 10.0 Å². The Kier molecular flexibility index (Phi) is 5.81. The zero-order valence-electron chi connectivity index (χ0n) is 16.1. The summed E-state index contributed by atoms with van der Waals surface area (Å²) in [6.45, 7) is 6.49. The number of hydrogen-bond acceptors (Lipinski definition) is 5. The predicted octanol–water partition coefficient (Wildman–Crippen LogP) is 3.59. The van der Waals surface area contributed by atoms with E-state index in [1.807, 2.05) is 25.1 Å². The molecule has 0 unspecified atom stereocenters. The summed E-state index contributed by atoms with van der Waals surface area (Å²) in [7, 11) is -3.78. The van der Waals surface area contributed by atoms with Crippen LogP contribution in [0.1, 0.15) is 45.6 Å². The summed E-state index contributed by atoms with van der Waals surface area (Å²) in [6, 6.07) is 9.39. The van der Waals surface area contributed by atoms with Crippen molar-refractivity contribution >= 4 is 15.8 Å². The van der Waals surface area contributed by atoms with Gasteiger partial charge in [-0.15, -0.1) is 10.2 Å². The molecule has 0 saturated heterocycles. The molecule has 0 spiro atoms. The second-order valence-corrected chi connectivity index (χ2v) is 9.07. The Bertz CT molecular complexity index is 897. The monoisotopic (exact) mass is 388 g/mol. The summed E-state index contributed by atoms with van der Waals surface area (Å²) < 4.78 is 23.7. The second-order valence-electron chi connectivity index (χ2n) is 7.54. The Morgan fingerprint density at radius 3 is 2.56 bits per heavy atom. The van der Waals surface area contributed by atoms with Crippen LogP contribution >= 0.6 is 0 Å². The van der Waals surface area contributed by atoms with Gasteiger partial charge in [0.05, 0.1) is 10.6 Å². The molecule has 27 heavy (non-hydrogen) atoms. The van der Waals surface area contributed by atoms with E-state index in [2.05, 4.69) is 29.4 Å². The summed E-state index contributed by atoms with van der Waals surface area (Å²) in [5.74, 6) is 2.05. The molecule has 3 atom stereocenters. The van der Waals surface area contributed by atoms with E-state index < -0.39 is 10.0 Å². The molecule has 0 amide bonds. The summed E-state index contributed by atoms with van der Waals surface area (Å²) in [4.78, 5) is 0.150. The third-order valence-electron chi connectivity index (χ3n) is 5.76. The van der Waals surface area contributed by atoms with Gasteiger partial charge in [0.25, 0.3) is 0 Å². The normalized spacial score (nSPS) is 23.2. The quantitative estimate of drug-likeness (QED) is 0.816. The lowest BCUT2D eigenvalue weighted by molar-refractivity contribution is 0.253. The van der Waals surface area contributed by atoms with Crippen molar-refractivity contribution in [1.29, 1.82) is 0 Å². The predicted molar refractivity (Wildman–Crippen MR) is 108 cm³/mol. The van der Waals surface area contributed by atoms with Gasteiger partial charge in [-0.05, 0) is 48.4 Å². The number of aryl methyl sites for hydroxylation is 1. The zero-order valence-corrected chi connectivity index (χ0v) is 17.0.